The molecule has 0 saturated carbocycles. The Labute approximate surface area is 151 Å². The molecule has 1 N–H and O–H groups in total. The van der Waals surface area contributed by atoms with Crippen LogP contribution < -0.4 is 0 Å². The molecule has 0 unspecified atom stereocenters. The van der Waals surface area contributed by atoms with Crippen LogP contribution in [-0.2, 0) is 12.8 Å². The van der Waals surface area contributed by atoms with Gasteiger partial charge in [-0.3, -0.25) is 0 Å². The Morgan fingerprint density at radius 2 is 1.83 bits per heavy atom. The summed E-state index contributed by atoms with van der Waals surface area (Å²) in [5.74, 6) is 0.775. The second-order valence-corrected chi connectivity index (χ2v) is 7.75. The lowest BCUT2D eigenvalue weighted by Crippen LogP contribution is -1.95. The molecular formula is C20H20FNS2. The Hall–Kier alpha value is -1.65. The van der Waals surface area contributed by atoms with E-state index in [0.29, 0.717) is 0 Å². The molecule has 0 amide bonds. The molecule has 1 nitrogen and oxygen atoms in total. The molecule has 0 saturated heterocycles. The first kappa shape index (κ1) is 17.2. The molecule has 124 valence electrons. The Balaban J connectivity index is 1.39. The molecular weight excluding hydrogens is 337 g/mol. The van der Waals surface area contributed by atoms with Gasteiger partial charge in [-0.25, -0.2) is 4.39 Å². The van der Waals surface area contributed by atoms with Crippen LogP contribution in [-0.4, -0.2) is 14.9 Å². The molecule has 0 atom stereocenters. The van der Waals surface area contributed by atoms with Crippen molar-refractivity contribution in [3.63, 3.8) is 0 Å². The molecule has 3 rings (SSSR count). The van der Waals surface area contributed by atoms with Crippen LogP contribution in [0, 0.1) is 5.82 Å². The number of hydrogen-bond donors (Lipinski definition) is 1. The van der Waals surface area contributed by atoms with Gasteiger partial charge in [0.1, 0.15) is 5.82 Å². The molecule has 24 heavy (non-hydrogen) atoms. The van der Waals surface area contributed by atoms with Crippen molar-refractivity contribution in [2.75, 3.05) is 5.75 Å². The van der Waals surface area contributed by atoms with Crippen LogP contribution in [0.2, 0.25) is 0 Å². The van der Waals surface area contributed by atoms with E-state index in [1.807, 2.05) is 12.1 Å². The summed E-state index contributed by atoms with van der Waals surface area (Å²) >= 11 is 7.22. The zero-order chi connectivity index (χ0) is 16.8. The molecule has 0 fully saturated rings. The number of aryl methyl sites for hydroxylation is 2. The van der Waals surface area contributed by atoms with Gasteiger partial charge in [0.15, 0.2) is 0 Å². The van der Waals surface area contributed by atoms with E-state index in [-0.39, 0.29) is 5.82 Å². The van der Waals surface area contributed by atoms with E-state index in [0.717, 1.165) is 41.2 Å². The minimum atomic E-state index is -0.181. The highest BCUT2D eigenvalue weighted by Crippen LogP contribution is 2.21. The molecule has 0 aliphatic carbocycles. The molecule has 0 radical (unpaired) electrons. The highest BCUT2D eigenvalue weighted by Gasteiger charge is 2.04. The number of halogens is 1. The van der Waals surface area contributed by atoms with Gasteiger partial charge in [-0.15, -0.1) is 11.8 Å². The lowest BCUT2D eigenvalue weighted by molar-refractivity contribution is 0.627. The van der Waals surface area contributed by atoms with Crippen LogP contribution in [0.4, 0.5) is 4.39 Å². The summed E-state index contributed by atoms with van der Waals surface area (Å²) in [7, 11) is 0. The molecule has 2 aromatic carbocycles. The van der Waals surface area contributed by atoms with Crippen molar-refractivity contribution in [1.82, 2.24) is 4.98 Å². The number of H-pyrrole nitrogens is 1. The summed E-state index contributed by atoms with van der Waals surface area (Å²) in [6, 6.07) is 15.1. The third kappa shape index (κ3) is 4.68. The van der Waals surface area contributed by atoms with Gasteiger partial charge in [-0.2, -0.15) is 0 Å². The molecule has 0 aliphatic rings. The predicted molar refractivity (Wildman–Crippen MR) is 106 cm³/mol. The summed E-state index contributed by atoms with van der Waals surface area (Å²) < 4.78 is 13.9. The predicted octanol–water partition coefficient (Wildman–Crippen LogP) is 5.93. The lowest BCUT2D eigenvalue weighted by Gasteiger charge is -2.04. The molecule has 0 aliphatic heterocycles. The number of hydrogen-bond acceptors (Lipinski definition) is 2. The van der Waals surface area contributed by atoms with Crippen LogP contribution >= 0.6 is 24.0 Å². The summed E-state index contributed by atoms with van der Waals surface area (Å²) in [5.41, 5.74) is 3.72. The first-order chi connectivity index (χ1) is 11.7. The van der Waals surface area contributed by atoms with Gasteiger partial charge in [0.25, 0.3) is 0 Å². The first-order valence-electron chi connectivity index (χ1n) is 8.17. The van der Waals surface area contributed by atoms with Crippen molar-refractivity contribution >= 4 is 39.1 Å². The van der Waals surface area contributed by atoms with Crippen LogP contribution in [0.1, 0.15) is 24.0 Å². The van der Waals surface area contributed by atoms with Crippen molar-refractivity contribution in [3.05, 3.63) is 71.7 Å². The maximum atomic E-state index is 12.9. The zero-order valence-electron chi connectivity index (χ0n) is 13.4. The zero-order valence-corrected chi connectivity index (χ0v) is 15.1. The normalized spacial score (nSPS) is 11.0. The largest absolute Gasteiger partial charge is 0.361 e. The average molecular weight is 358 g/mol. The van der Waals surface area contributed by atoms with Crippen molar-refractivity contribution in [2.24, 2.45) is 0 Å². The van der Waals surface area contributed by atoms with Gasteiger partial charge in [-0.05, 0) is 55.0 Å². The van der Waals surface area contributed by atoms with E-state index in [2.05, 4.69) is 35.4 Å². The molecule has 3 aromatic rings. The number of para-hydroxylation sites is 1. The average Bonchev–Trinajstić information content (AvgIpc) is 3.00. The van der Waals surface area contributed by atoms with Crippen molar-refractivity contribution in [2.45, 2.75) is 25.7 Å². The summed E-state index contributed by atoms with van der Waals surface area (Å²) in [6.45, 7) is 0. The van der Waals surface area contributed by atoms with E-state index in [9.17, 15) is 4.39 Å². The van der Waals surface area contributed by atoms with Crippen LogP contribution in [0.25, 0.3) is 10.9 Å². The number of aromatic amines is 1. The summed E-state index contributed by atoms with van der Waals surface area (Å²) in [6.07, 6.45) is 6.11. The highest BCUT2D eigenvalue weighted by molar-refractivity contribution is 8.23. The number of thioether (sulfide) groups is 1. The Morgan fingerprint density at radius 1 is 1.04 bits per heavy atom. The Morgan fingerprint density at radius 3 is 2.67 bits per heavy atom. The maximum Gasteiger partial charge on any atom is 0.123 e. The van der Waals surface area contributed by atoms with Crippen LogP contribution in [0.5, 0.6) is 0 Å². The second-order valence-electron chi connectivity index (χ2n) is 5.81. The number of aromatic nitrogens is 1. The lowest BCUT2D eigenvalue weighted by atomic mass is 10.1. The topological polar surface area (TPSA) is 15.8 Å². The smallest absolute Gasteiger partial charge is 0.123 e. The fraction of sp³-hybridized carbons (Fsp3) is 0.250. The van der Waals surface area contributed by atoms with Crippen molar-refractivity contribution in [1.29, 1.82) is 0 Å². The number of thiocarbonyl (C=S) groups is 1. The third-order valence-corrected chi connectivity index (χ3v) is 5.56. The molecule has 1 aromatic heterocycles. The molecule has 0 bridgehead atoms. The van der Waals surface area contributed by atoms with Crippen molar-refractivity contribution < 1.29 is 4.39 Å². The number of nitrogens with one attached hydrogen (secondary N) is 1. The van der Waals surface area contributed by atoms with Gasteiger partial charge in [0.05, 0.1) is 0 Å². The number of benzene rings is 2. The van der Waals surface area contributed by atoms with Gasteiger partial charge in [0, 0.05) is 27.0 Å². The van der Waals surface area contributed by atoms with Gasteiger partial charge in [-0.1, -0.05) is 42.5 Å². The van der Waals surface area contributed by atoms with Crippen LogP contribution in [0.3, 0.4) is 0 Å². The second kappa shape index (κ2) is 8.45. The quantitative estimate of drug-likeness (QED) is 0.527. The van der Waals surface area contributed by atoms with E-state index in [1.165, 1.54) is 28.6 Å². The molecule has 1 heterocycles. The summed E-state index contributed by atoms with van der Waals surface area (Å²) in [4.78, 5) is 3.32. The minimum absolute atomic E-state index is 0.181. The van der Waals surface area contributed by atoms with Gasteiger partial charge >= 0.3 is 0 Å². The van der Waals surface area contributed by atoms with Gasteiger partial charge < -0.3 is 4.98 Å². The van der Waals surface area contributed by atoms with E-state index in [1.54, 1.807) is 11.8 Å². The van der Waals surface area contributed by atoms with Crippen molar-refractivity contribution in [3.8, 4) is 0 Å². The fourth-order valence-corrected chi connectivity index (χ4v) is 4.02. The molecule has 4 heteroatoms. The first-order valence-corrected chi connectivity index (χ1v) is 9.57. The van der Waals surface area contributed by atoms with E-state index >= 15 is 0 Å². The van der Waals surface area contributed by atoms with E-state index < -0.39 is 0 Å². The fourth-order valence-electron chi connectivity index (χ4n) is 2.77. The molecule has 0 spiro atoms. The summed E-state index contributed by atoms with van der Waals surface area (Å²) in [5, 5.41) is 1.31. The third-order valence-electron chi connectivity index (χ3n) is 4.07. The Bertz CT molecular complexity index is 808. The number of rotatable bonds is 7. The highest BCUT2D eigenvalue weighted by atomic mass is 32.2. The van der Waals surface area contributed by atoms with E-state index in [4.69, 9.17) is 12.2 Å². The monoisotopic (exact) mass is 357 g/mol. The maximum absolute atomic E-state index is 12.9. The Kier molecular flexibility index (Phi) is 6.05. The van der Waals surface area contributed by atoms with Crippen LogP contribution in [0.15, 0.2) is 54.7 Å². The minimum Gasteiger partial charge on any atom is -0.361 e. The SMILES string of the molecule is Fc1ccc(CCSC(=S)CCCc2c[nH]c3ccccc23)cc1. The number of fused-ring (bicyclic) bond motifs is 1. The van der Waals surface area contributed by atoms with Gasteiger partial charge in [0.2, 0.25) is 0 Å². The standard InChI is InChI=1S/C20H20FNS2/c21-17-10-8-15(9-11-17)12-13-24-20(23)7-3-4-16-14-22-19-6-2-1-5-18(16)19/h1-2,5-6,8-11,14,22H,3-4,7,12-13H2.